The van der Waals surface area contributed by atoms with Crippen LogP contribution in [0.3, 0.4) is 0 Å². The van der Waals surface area contributed by atoms with Crippen molar-refractivity contribution in [2.45, 2.75) is 70.3 Å². The van der Waals surface area contributed by atoms with Crippen molar-refractivity contribution in [1.82, 2.24) is 4.90 Å². The Balaban J connectivity index is 1.18. The van der Waals surface area contributed by atoms with Crippen LogP contribution in [0.5, 0.6) is 0 Å². The lowest BCUT2D eigenvalue weighted by Gasteiger charge is -2.65. The van der Waals surface area contributed by atoms with Gasteiger partial charge in [-0.15, -0.1) is 0 Å². The minimum atomic E-state index is -0.533. The van der Waals surface area contributed by atoms with Gasteiger partial charge in [-0.25, -0.2) is 14.4 Å². The van der Waals surface area contributed by atoms with E-state index >= 15 is 0 Å². The van der Waals surface area contributed by atoms with Gasteiger partial charge in [0.25, 0.3) is 0 Å². The molecule has 50 heavy (non-hydrogen) atoms. The van der Waals surface area contributed by atoms with E-state index in [0.29, 0.717) is 29.0 Å². The van der Waals surface area contributed by atoms with E-state index in [1.807, 2.05) is 66.7 Å². The molecule has 1 heterocycles. The van der Waals surface area contributed by atoms with Crippen LogP contribution in [0.25, 0.3) is 0 Å². The molecule has 0 aromatic heterocycles. The summed E-state index contributed by atoms with van der Waals surface area (Å²) >= 11 is 0. The highest BCUT2D eigenvalue weighted by Crippen LogP contribution is 2.84. The molecule has 258 valence electrons. The topological polar surface area (TPSA) is 82.1 Å². The summed E-state index contributed by atoms with van der Waals surface area (Å²) in [5.41, 5.74) is 1.69. The van der Waals surface area contributed by atoms with Crippen LogP contribution in [0.15, 0.2) is 103 Å². The Morgan fingerprint density at radius 1 is 0.780 bits per heavy atom. The summed E-state index contributed by atoms with van der Waals surface area (Å²) in [4.78, 5) is 44.2. The smallest absolute Gasteiger partial charge is 0.338 e. The quantitative estimate of drug-likeness (QED) is 0.147. The Bertz CT molecular complexity index is 1850. The van der Waals surface area contributed by atoms with E-state index in [0.717, 1.165) is 44.3 Å². The fourth-order valence-electron chi connectivity index (χ4n) is 12.7. The number of hydrogen-bond acceptors (Lipinski definition) is 7. The summed E-state index contributed by atoms with van der Waals surface area (Å²) < 4.78 is 19.9. The third kappa shape index (κ3) is 4.22. The van der Waals surface area contributed by atoms with Crippen LogP contribution in [-0.4, -0.2) is 60.3 Å². The normalized spacial score (nSPS) is 39.0. The number of rotatable bonds is 7. The number of benzene rings is 3. The van der Waals surface area contributed by atoms with Crippen LogP contribution in [0.4, 0.5) is 0 Å². The highest BCUT2D eigenvalue weighted by atomic mass is 16.6. The van der Waals surface area contributed by atoms with E-state index in [1.54, 1.807) is 24.3 Å². The largest absolute Gasteiger partial charge is 0.458 e. The maximum atomic E-state index is 13.9. The number of ether oxygens (including phenoxy) is 3. The molecule has 7 nitrogen and oxygen atoms in total. The van der Waals surface area contributed by atoms with Gasteiger partial charge in [0.15, 0.2) is 0 Å². The second-order valence-electron chi connectivity index (χ2n) is 16.1. The van der Waals surface area contributed by atoms with Gasteiger partial charge in [0, 0.05) is 29.3 Å². The number of fused-ring (bicyclic) bond motifs is 1. The highest BCUT2D eigenvalue weighted by molar-refractivity contribution is 5.90. The molecule has 1 aliphatic heterocycles. The Hall–Kier alpha value is -4.23. The maximum Gasteiger partial charge on any atom is 0.338 e. The van der Waals surface area contributed by atoms with Gasteiger partial charge in [0.05, 0.1) is 16.7 Å². The van der Waals surface area contributed by atoms with Crippen LogP contribution in [0.1, 0.15) is 77.0 Å². The van der Waals surface area contributed by atoms with Gasteiger partial charge in [-0.05, 0) is 104 Å². The van der Waals surface area contributed by atoms with Crippen LogP contribution < -0.4 is 0 Å². The molecular formula is C43H45NO6. The monoisotopic (exact) mass is 671 g/mol. The van der Waals surface area contributed by atoms with Crippen molar-refractivity contribution in [3.63, 3.8) is 0 Å². The molecule has 9 rings (SSSR count). The molecular weight excluding hydrogens is 626 g/mol. The van der Waals surface area contributed by atoms with Crippen molar-refractivity contribution in [2.24, 2.45) is 39.9 Å². The van der Waals surface area contributed by atoms with Crippen molar-refractivity contribution in [3.8, 4) is 0 Å². The van der Waals surface area contributed by atoms with Crippen LogP contribution in [-0.2, 0) is 14.2 Å². The molecule has 0 amide bonds. The fourth-order valence-corrected chi connectivity index (χ4v) is 12.7. The Kier molecular flexibility index (Phi) is 7.23. The van der Waals surface area contributed by atoms with Gasteiger partial charge in [0.1, 0.15) is 18.3 Å². The molecule has 3 aromatic carbocycles. The minimum Gasteiger partial charge on any atom is -0.458 e. The van der Waals surface area contributed by atoms with E-state index in [4.69, 9.17) is 14.2 Å². The summed E-state index contributed by atoms with van der Waals surface area (Å²) in [6.07, 6.45) is 2.84. The zero-order valence-electron chi connectivity index (χ0n) is 28.8. The third-order valence-electron chi connectivity index (χ3n) is 14.2. The number of hydrogen-bond donors (Lipinski definition) is 0. The second-order valence-corrected chi connectivity index (χ2v) is 16.1. The van der Waals surface area contributed by atoms with E-state index in [9.17, 15) is 14.4 Å². The van der Waals surface area contributed by atoms with Crippen LogP contribution in [0.2, 0.25) is 0 Å². The first-order chi connectivity index (χ1) is 24.2. The first-order valence-corrected chi connectivity index (χ1v) is 18.4. The fraction of sp³-hybridized carbons (Fsp3) is 0.465. The Morgan fingerprint density at radius 3 is 1.92 bits per heavy atom. The predicted molar refractivity (Wildman–Crippen MR) is 187 cm³/mol. The Morgan fingerprint density at radius 2 is 1.34 bits per heavy atom. The third-order valence-corrected chi connectivity index (χ3v) is 14.2. The van der Waals surface area contributed by atoms with Crippen LogP contribution >= 0.6 is 0 Å². The summed E-state index contributed by atoms with van der Waals surface area (Å²) in [6.45, 7) is 11.2. The van der Waals surface area contributed by atoms with Gasteiger partial charge in [-0.1, -0.05) is 75.0 Å². The molecule has 1 saturated heterocycles. The summed E-state index contributed by atoms with van der Waals surface area (Å²) in [5.74, 6) is -0.600. The average molecular weight is 672 g/mol. The van der Waals surface area contributed by atoms with Crippen molar-refractivity contribution in [1.29, 1.82) is 0 Å². The number of nitrogens with zero attached hydrogens (tertiary/aromatic N) is 1. The lowest BCUT2D eigenvalue weighted by molar-refractivity contribution is -0.218. The minimum absolute atomic E-state index is 0.0102. The molecule has 5 aliphatic carbocycles. The summed E-state index contributed by atoms with van der Waals surface area (Å²) in [5, 5.41) is 0. The molecule has 2 spiro atoms. The summed E-state index contributed by atoms with van der Waals surface area (Å²) in [7, 11) is 0. The van der Waals surface area contributed by atoms with Gasteiger partial charge < -0.3 is 14.2 Å². The zero-order valence-corrected chi connectivity index (χ0v) is 28.8. The molecule has 0 N–H and O–H groups in total. The molecule has 1 unspecified atom stereocenters. The number of esters is 3. The first-order valence-electron chi connectivity index (χ1n) is 18.4. The highest BCUT2D eigenvalue weighted by Gasteiger charge is 2.86. The van der Waals surface area contributed by atoms with Crippen molar-refractivity contribution >= 4 is 17.9 Å². The maximum absolute atomic E-state index is 13.9. The van der Waals surface area contributed by atoms with E-state index in [1.165, 1.54) is 0 Å². The molecule has 11 atom stereocenters. The molecule has 6 aliphatic rings. The SMILES string of the molecule is C=C1[C@@H](OC(=O)c2ccccc2)[C@]23C[C@@H]1[C@@H](OC(=O)c1ccccc1)C[C@H]2[C@@]12C4[C@H]3C[C@@H]1[C@@](C)(CC[C@@H]2OC(=O)c1ccccc1)CN4CC. The van der Waals surface area contributed by atoms with Crippen molar-refractivity contribution in [3.05, 3.63) is 120 Å². The number of carbonyl (C=O) groups excluding carboxylic acids is 3. The van der Waals surface area contributed by atoms with Gasteiger partial charge in [-0.2, -0.15) is 0 Å². The van der Waals surface area contributed by atoms with Crippen LogP contribution in [0, 0.1) is 39.9 Å². The van der Waals surface area contributed by atoms with Gasteiger partial charge in [-0.3, -0.25) is 4.90 Å². The van der Waals surface area contributed by atoms with E-state index in [-0.39, 0.29) is 58.6 Å². The van der Waals surface area contributed by atoms with Crippen molar-refractivity contribution < 1.29 is 28.6 Å². The lowest BCUT2D eigenvalue weighted by atomic mass is 9.43. The first kappa shape index (κ1) is 31.7. The molecule has 3 aromatic rings. The number of piperidine rings is 1. The predicted octanol–water partition coefficient (Wildman–Crippen LogP) is 7.39. The molecule has 5 saturated carbocycles. The zero-order chi connectivity index (χ0) is 34.4. The number of likely N-dealkylation sites (tertiary alicyclic amines) is 1. The summed E-state index contributed by atoms with van der Waals surface area (Å²) in [6, 6.07) is 27.8. The van der Waals surface area contributed by atoms with Crippen molar-refractivity contribution in [2.75, 3.05) is 13.1 Å². The standard InChI is InChI=1S/C43H45NO6/c1-4-44-25-41(3)21-20-35(49-39(46)28-16-10-6-11-17-28)43-33(41)22-31(36(43)44)42-24-30(26(2)37(42)50-40(47)29-18-12-7-13-19-29)32(23-34(42)43)48-38(45)27-14-8-5-9-15-27/h5-19,30-37H,2,4,20-25H2,1,3H3/t30-,31+,32-,33+,34+,35-,36?,37+,41-,42-,43-/m0/s1. The molecule has 0 radical (unpaired) electrons. The lowest BCUT2D eigenvalue weighted by Crippen LogP contribution is -2.69. The van der Waals surface area contributed by atoms with Gasteiger partial charge in [0.2, 0.25) is 0 Å². The molecule has 7 bridgehead atoms. The molecule has 6 fully saturated rings. The Labute approximate surface area is 294 Å². The van der Waals surface area contributed by atoms with E-state index in [2.05, 4.69) is 25.3 Å². The van der Waals surface area contributed by atoms with Gasteiger partial charge >= 0.3 is 17.9 Å². The van der Waals surface area contributed by atoms with E-state index < -0.39 is 17.6 Å². The average Bonchev–Trinajstić information content (AvgIpc) is 3.67. The second kappa shape index (κ2) is 11.4. The molecule has 7 heteroatoms. The number of carbonyl (C=O) groups is 3.